The Bertz CT molecular complexity index is 1150. The molecule has 0 atom stereocenters. The van der Waals surface area contributed by atoms with E-state index in [4.69, 9.17) is 32.7 Å². The first-order valence-corrected chi connectivity index (χ1v) is 14.5. The van der Waals surface area contributed by atoms with Crippen molar-refractivity contribution in [2.24, 2.45) is 5.92 Å². The van der Waals surface area contributed by atoms with Gasteiger partial charge in [-0.05, 0) is 67.0 Å². The van der Waals surface area contributed by atoms with Gasteiger partial charge in [-0.25, -0.2) is 13.1 Å². The zero-order valence-electron chi connectivity index (χ0n) is 20.3. The van der Waals surface area contributed by atoms with Crippen LogP contribution in [0.25, 0.3) is 0 Å². The molecular formula is C26H32Cl2N2O4S. The molecule has 2 aromatic carbocycles. The number of alkyl halides is 1. The van der Waals surface area contributed by atoms with Crippen molar-refractivity contribution in [3.05, 3.63) is 58.1 Å². The molecule has 0 radical (unpaired) electrons. The van der Waals surface area contributed by atoms with Crippen LogP contribution in [-0.2, 0) is 15.4 Å². The van der Waals surface area contributed by atoms with Crippen LogP contribution in [0.1, 0.15) is 56.2 Å². The van der Waals surface area contributed by atoms with Crippen molar-refractivity contribution >= 4 is 33.2 Å². The van der Waals surface area contributed by atoms with Gasteiger partial charge in [0.2, 0.25) is 10.0 Å². The predicted molar refractivity (Wildman–Crippen MR) is 140 cm³/mol. The molecule has 0 spiro atoms. The molecule has 1 fully saturated rings. The lowest BCUT2D eigenvalue weighted by molar-refractivity contribution is 0.197. The maximum absolute atomic E-state index is 11.4. The standard InChI is InChI=1S/C26H32Cl2N2O4S/c1-26(2,21-14-19(16-29)25(24(28)15-21)33-13-12-27)20-6-10-23(11-7-20)34-17-18-4-8-22(9-5-18)30-35(3,31)32/h6-7,10-11,14-15,18,22,30H,4-5,8-9,12-13,17H2,1-3H3/t18-,22-. The van der Waals surface area contributed by atoms with Gasteiger partial charge in [0.25, 0.3) is 0 Å². The minimum atomic E-state index is -3.16. The van der Waals surface area contributed by atoms with Crippen molar-refractivity contribution in [2.45, 2.75) is 51.0 Å². The van der Waals surface area contributed by atoms with Gasteiger partial charge in [-0.15, -0.1) is 11.6 Å². The van der Waals surface area contributed by atoms with Crippen molar-refractivity contribution in [1.82, 2.24) is 4.72 Å². The predicted octanol–water partition coefficient (Wildman–Crippen LogP) is 5.64. The summed E-state index contributed by atoms with van der Waals surface area (Å²) in [6, 6.07) is 13.8. The molecule has 9 heteroatoms. The number of hydrogen-bond donors (Lipinski definition) is 1. The van der Waals surface area contributed by atoms with Gasteiger partial charge in [0.05, 0.1) is 29.3 Å². The first-order valence-electron chi connectivity index (χ1n) is 11.7. The van der Waals surface area contributed by atoms with Gasteiger partial charge in [-0.1, -0.05) is 37.6 Å². The Morgan fingerprint density at radius 1 is 1.09 bits per heavy atom. The summed E-state index contributed by atoms with van der Waals surface area (Å²) >= 11 is 12.2. The molecule has 1 aliphatic carbocycles. The fourth-order valence-electron chi connectivity index (χ4n) is 4.42. The Kier molecular flexibility index (Phi) is 9.34. The van der Waals surface area contributed by atoms with Gasteiger partial charge in [-0.3, -0.25) is 0 Å². The molecule has 1 aliphatic rings. The van der Waals surface area contributed by atoms with Crippen LogP contribution in [0, 0.1) is 17.2 Å². The normalized spacial score (nSPS) is 18.6. The lowest BCUT2D eigenvalue weighted by Crippen LogP contribution is -2.37. The van der Waals surface area contributed by atoms with E-state index in [1.807, 2.05) is 36.4 Å². The summed E-state index contributed by atoms with van der Waals surface area (Å²) in [4.78, 5) is 0. The monoisotopic (exact) mass is 538 g/mol. The Hall–Kier alpha value is -1.98. The summed E-state index contributed by atoms with van der Waals surface area (Å²) < 4.78 is 37.1. The number of nitriles is 1. The third-order valence-corrected chi connectivity index (χ3v) is 7.70. The topological polar surface area (TPSA) is 88.4 Å². The lowest BCUT2D eigenvalue weighted by atomic mass is 9.77. The van der Waals surface area contributed by atoms with Crippen molar-refractivity contribution in [3.63, 3.8) is 0 Å². The molecule has 0 unspecified atom stereocenters. The third kappa shape index (κ3) is 7.50. The summed E-state index contributed by atoms with van der Waals surface area (Å²) in [7, 11) is -3.16. The van der Waals surface area contributed by atoms with Crippen molar-refractivity contribution < 1.29 is 17.9 Å². The van der Waals surface area contributed by atoms with Gasteiger partial charge in [0.15, 0.2) is 5.75 Å². The van der Waals surface area contributed by atoms with E-state index in [1.165, 1.54) is 6.26 Å². The first-order chi connectivity index (χ1) is 16.5. The van der Waals surface area contributed by atoms with E-state index in [0.29, 0.717) is 34.7 Å². The second-order valence-electron chi connectivity index (χ2n) is 9.55. The van der Waals surface area contributed by atoms with E-state index in [1.54, 1.807) is 0 Å². The quantitative estimate of drug-likeness (QED) is 0.395. The van der Waals surface area contributed by atoms with E-state index in [-0.39, 0.29) is 12.6 Å². The number of hydrogen-bond acceptors (Lipinski definition) is 5. The molecule has 0 saturated heterocycles. The van der Waals surface area contributed by atoms with Crippen molar-refractivity contribution in [3.8, 4) is 17.6 Å². The number of ether oxygens (including phenoxy) is 2. The van der Waals surface area contributed by atoms with Gasteiger partial charge in [0.1, 0.15) is 18.4 Å². The summed E-state index contributed by atoms with van der Waals surface area (Å²) in [5, 5.41) is 9.99. The highest BCUT2D eigenvalue weighted by atomic mass is 35.5. The summed E-state index contributed by atoms with van der Waals surface area (Å²) in [6.07, 6.45) is 4.74. The molecule has 0 heterocycles. The van der Waals surface area contributed by atoms with E-state index in [2.05, 4.69) is 24.6 Å². The molecular weight excluding hydrogens is 507 g/mol. The van der Waals surface area contributed by atoms with E-state index >= 15 is 0 Å². The largest absolute Gasteiger partial charge is 0.493 e. The highest BCUT2D eigenvalue weighted by molar-refractivity contribution is 7.88. The molecule has 0 aliphatic heterocycles. The van der Waals surface area contributed by atoms with Crippen LogP contribution in [-0.4, -0.2) is 39.8 Å². The molecule has 2 aromatic rings. The molecule has 0 amide bonds. The van der Waals surface area contributed by atoms with Crippen molar-refractivity contribution in [1.29, 1.82) is 5.26 Å². The molecule has 0 bridgehead atoms. The molecule has 3 rings (SSSR count). The number of rotatable bonds is 10. The van der Waals surface area contributed by atoms with E-state index in [9.17, 15) is 13.7 Å². The number of nitrogens with zero attached hydrogens (tertiary/aromatic N) is 1. The fraction of sp³-hybridized carbons (Fsp3) is 0.500. The molecule has 6 nitrogen and oxygen atoms in total. The second kappa shape index (κ2) is 11.8. The maximum Gasteiger partial charge on any atom is 0.208 e. The number of sulfonamides is 1. The van der Waals surface area contributed by atoms with Gasteiger partial charge in [0, 0.05) is 11.5 Å². The van der Waals surface area contributed by atoms with E-state index in [0.717, 1.165) is 42.6 Å². The average Bonchev–Trinajstić information content (AvgIpc) is 2.81. The van der Waals surface area contributed by atoms with Crippen LogP contribution >= 0.6 is 23.2 Å². The third-order valence-electron chi connectivity index (χ3n) is 6.50. The van der Waals surface area contributed by atoms with Crippen LogP contribution in [0.4, 0.5) is 0 Å². The number of benzene rings is 2. The minimum absolute atomic E-state index is 0.0266. The Morgan fingerprint density at radius 3 is 2.31 bits per heavy atom. The second-order valence-corrected chi connectivity index (χ2v) is 12.1. The molecule has 0 aromatic heterocycles. The maximum atomic E-state index is 11.4. The highest BCUT2D eigenvalue weighted by Crippen LogP contribution is 2.38. The fourth-order valence-corrected chi connectivity index (χ4v) is 5.62. The van der Waals surface area contributed by atoms with Gasteiger partial charge >= 0.3 is 0 Å². The Morgan fingerprint density at radius 2 is 1.74 bits per heavy atom. The molecule has 190 valence electrons. The van der Waals surface area contributed by atoms with Crippen LogP contribution in [0.2, 0.25) is 5.02 Å². The van der Waals surface area contributed by atoms with Crippen molar-refractivity contribution in [2.75, 3.05) is 25.3 Å². The number of nitrogens with one attached hydrogen (secondary N) is 1. The van der Waals surface area contributed by atoms with Gasteiger partial charge < -0.3 is 9.47 Å². The molecule has 35 heavy (non-hydrogen) atoms. The van der Waals surface area contributed by atoms with Gasteiger partial charge in [-0.2, -0.15) is 5.26 Å². The minimum Gasteiger partial charge on any atom is -0.493 e. The van der Waals surface area contributed by atoms with E-state index < -0.39 is 15.4 Å². The van der Waals surface area contributed by atoms with Crippen LogP contribution < -0.4 is 14.2 Å². The number of halogens is 2. The van der Waals surface area contributed by atoms with Crippen LogP contribution in [0.3, 0.4) is 0 Å². The van der Waals surface area contributed by atoms with Crippen LogP contribution in [0.5, 0.6) is 11.5 Å². The van der Waals surface area contributed by atoms with Crippen LogP contribution in [0.15, 0.2) is 36.4 Å². The lowest BCUT2D eigenvalue weighted by Gasteiger charge is -2.29. The zero-order valence-corrected chi connectivity index (χ0v) is 22.6. The summed E-state index contributed by atoms with van der Waals surface area (Å²) in [5.74, 6) is 1.88. The smallest absolute Gasteiger partial charge is 0.208 e. The molecule has 1 N–H and O–H groups in total. The average molecular weight is 540 g/mol. The highest BCUT2D eigenvalue weighted by Gasteiger charge is 2.27. The first kappa shape index (κ1) is 27.6. The zero-order chi connectivity index (χ0) is 25.6. The SMILES string of the molecule is CC(C)(c1ccc(OC[C@H]2CC[C@H](NS(C)(=O)=O)CC2)cc1)c1cc(Cl)c(OCCCl)c(C#N)c1. The summed E-state index contributed by atoms with van der Waals surface area (Å²) in [6.45, 7) is 5.05. The Balaban J connectivity index is 1.63. The Labute approximate surface area is 218 Å². The molecule has 1 saturated carbocycles. The summed E-state index contributed by atoms with van der Waals surface area (Å²) in [5.41, 5.74) is 1.95.